The summed E-state index contributed by atoms with van der Waals surface area (Å²) in [5.41, 5.74) is 5.12. The molecule has 4 N–H and O–H groups in total. The van der Waals surface area contributed by atoms with Gasteiger partial charge in [-0.15, -0.1) is 0 Å². The molecule has 0 bridgehead atoms. The molecule has 1 aliphatic heterocycles. The van der Waals surface area contributed by atoms with E-state index in [1.54, 1.807) is 39.0 Å². The van der Waals surface area contributed by atoms with Crippen LogP contribution in [0.5, 0.6) is 5.75 Å². The van der Waals surface area contributed by atoms with E-state index in [-0.39, 0.29) is 0 Å². The monoisotopic (exact) mass is 706 g/mol. The molecule has 12 nitrogen and oxygen atoms in total. The largest absolute Gasteiger partial charge is 0.494 e. The minimum absolute atomic E-state index is 0.320. The van der Waals surface area contributed by atoms with Gasteiger partial charge in [-0.1, -0.05) is 0 Å². The minimum Gasteiger partial charge on any atom is -0.494 e. The van der Waals surface area contributed by atoms with Crippen LogP contribution in [0.3, 0.4) is 0 Å². The summed E-state index contributed by atoms with van der Waals surface area (Å²) < 4.78 is 19.9. The highest BCUT2D eigenvalue weighted by Gasteiger charge is 2.25. The van der Waals surface area contributed by atoms with Crippen LogP contribution in [0.4, 0.5) is 28.8 Å². The van der Waals surface area contributed by atoms with Gasteiger partial charge in [0.15, 0.2) is 0 Å². The maximum Gasteiger partial charge on any atom is 0.229 e. The van der Waals surface area contributed by atoms with Gasteiger partial charge in [-0.05, 0) is 61.3 Å². The molecule has 0 spiro atoms. The summed E-state index contributed by atoms with van der Waals surface area (Å²) in [6.45, 7) is 11.5. The Balaban J connectivity index is 1.52. The highest BCUT2D eigenvalue weighted by atomic mass is 79.9. The minimum atomic E-state index is -2.77. The van der Waals surface area contributed by atoms with Gasteiger partial charge < -0.3 is 35.6 Å². The van der Waals surface area contributed by atoms with E-state index in [4.69, 9.17) is 15.1 Å². The van der Waals surface area contributed by atoms with Gasteiger partial charge in [0.05, 0.1) is 33.8 Å². The lowest BCUT2D eigenvalue weighted by Crippen LogP contribution is -2.49. The quantitative estimate of drug-likeness (QED) is 0.113. The smallest absolute Gasteiger partial charge is 0.229 e. The molecular weight excluding hydrogens is 667 g/mol. The number of benzene rings is 2. The lowest BCUT2D eigenvalue weighted by Gasteiger charge is -2.39. The number of halogens is 1. The number of nitrogens with zero attached hydrogens (tertiary/aromatic N) is 6. The maximum absolute atomic E-state index is 13.4. The fraction of sp³-hybridized carbons (Fsp3) is 0.344. The number of rotatable bonds is 11. The molecule has 1 fully saturated rings. The second kappa shape index (κ2) is 14.1. The lowest BCUT2D eigenvalue weighted by atomic mass is 10.0. The zero-order chi connectivity index (χ0) is 33.0. The molecule has 14 heteroatoms. The van der Waals surface area contributed by atoms with Crippen LogP contribution < -0.4 is 30.9 Å². The molecule has 46 heavy (non-hydrogen) atoms. The zero-order valence-electron chi connectivity index (χ0n) is 26.9. The molecular formula is C32H40BrN10O2P. The second-order valence-electron chi connectivity index (χ2n) is 11.6. The molecule has 2 aromatic carbocycles. The van der Waals surface area contributed by atoms with Crippen LogP contribution in [0, 0.1) is 5.41 Å². The Kier molecular flexibility index (Phi) is 10.2. The van der Waals surface area contributed by atoms with Crippen LogP contribution in [0.25, 0.3) is 16.6 Å². The van der Waals surface area contributed by atoms with Crippen molar-refractivity contribution in [2.75, 3.05) is 69.2 Å². The SMILES string of the molecule is CN/C=C(\C=N)c1cc(Nc2ncc(Br)c(Nc3ccc4nccnc4c3P(C)(C)=O)n2)c(OC)cc1N1CCN(C(C)C)CC1. The van der Waals surface area contributed by atoms with Gasteiger partial charge in [-0.2, -0.15) is 4.98 Å². The first-order chi connectivity index (χ1) is 22.0. The van der Waals surface area contributed by atoms with Gasteiger partial charge in [0.2, 0.25) is 5.95 Å². The van der Waals surface area contributed by atoms with Crippen LogP contribution in [-0.4, -0.2) is 90.8 Å². The van der Waals surface area contributed by atoms with Crippen LogP contribution in [0.1, 0.15) is 19.4 Å². The summed E-state index contributed by atoms with van der Waals surface area (Å²) >= 11 is 3.56. The van der Waals surface area contributed by atoms with Crippen molar-refractivity contribution in [3.05, 3.63) is 59.1 Å². The number of methoxy groups -OCH3 is 1. The molecule has 4 aromatic rings. The molecule has 5 rings (SSSR count). The molecule has 3 heterocycles. The second-order valence-corrected chi connectivity index (χ2v) is 15.6. The van der Waals surface area contributed by atoms with E-state index in [0.717, 1.165) is 43.0 Å². The molecule has 0 amide bonds. The average Bonchev–Trinajstić information content (AvgIpc) is 3.04. The number of ether oxygens (including phenoxy) is 1. The Hall–Kier alpha value is -4.06. The number of hydrogen-bond acceptors (Lipinski definition) is 12. The summed E-state index contributed by atoms with van der Waals surface area (Å²) in [4.78, 5) is 23.0. The number of anilines is 5. The van der Waals surface area contributed by atoms with Gasteiger partial charge >= 0.3 is 0 Å². The number of nitrogens with one attached hydrogen (secondary N) is 4. The topological polar surface area (TPSA) is 144 Å². The van der Waals surface area contributed by atoms with Crippen molar-refractivity contribution in [1.82, 2.24) is 30.2 Å². The summed E-state index contributed by atoms with van der Waals surface area (Å²) in [5, 5.41) is 18.5. The first kappa shape index (κ1) is 33.3. The van der Waals surface area contributed by atoms with E-state index < -0.39 is 7.14 Å². The summed E-state index contributed by atoms with van der Waals surface area (Å²) in [6.07, 6.45) is 8.03. The Morgan fingerprint density at radius 2 is 1.80 bits per heavy atom. The van der Waals surface area contributed by atoms with Crippen molar-refractivity contribution in [2.45, 2.75) is 19.9 Å². The van der Waals surface area contributed by atoms with Crippen LogP contribution in [0.15, 0.2) is 53.5 Å². The number of hydrogen-bond donors (Lipinski definition) is 4. The predicted octanol–water partition coefficient (Wildman–Crippen LogP) is 5.67. The van der Waals surface area contributed by atoms with E-state index >= 15 is 0 Å². The van der Waals surface area contributed by atoms with Crippen LogP contribution >= 0.6 is 23.1 Å². The Morgan fingerprint density at radius 1 is 1.07 bits per heavy atom. The average molecular weight is 708 g/mol. The zero-order valence-corrected chi connectivity index (χ0v) is 29.4. The van der Waals surface area contributed by atoms with Gasteiger partial charge in [-0.3, -0.25) is 14.9 Å². The fourth-order valence-electron chi connectivity index (χ4n) is 5.59. The van der Waals surface area contributed by atoms with Crippen molar-refractivity contribution in [2.24, 2.45) is 0 Å². The summed E-state index contributed by atoms with van der Waals surface area (Å²) in [6, 6.07) is 8.16. The number of allylic oxidation sites excluding steroid dienone is 1. The highest BCUT2D eigenvalue weighted by Crippen LogP contribution is 2.42. The van der Waals surface area contributed by atoms with Gasteiger partial charge in [0.1, 0.15) is 24.2 Å². The molecule has 242 valence electrons. The molecule has 0 radical (unpaired) electrons. The number of fused-ring (bicyclic) bond motifs is 1. The molecule has 0 saturated carbocycles. The molecule has 1 aliphatic rings. The highest BCUT2D eigenvalue weighted by molar-refractivity contribution is 9.10. The van der Waals surface area contributed by atoms with E-state index in [2.05, 4.69) is 70.5 Å². The molecule has 0 unspecified atom stereocenters. The van der Waals surface area contributed by atoms with Crippen LogP contribution in [0.2, 0.25) is 0 Å². The molecule has 0 aliphatic carbocycles. The standard InChI is InChI=1S/C32H40BrN10O2P/c1-20(2)42-11-13-43(14-12-42)27-16-28(45-4)26(15-22(27)21(17-34)18-35-3)40-32-38-19-23(33)31(41-32)39-25-8-7-24-29(37-10-9-36-24)30(25)46(5,6)44/h7-10,15-20,34-35H,11-14H2,1-6H3,(H2,38,39,40,41)/b21-18+,34-17?. The summed E-state index contributed by atoms with van der Waals surface area (Å²) in [5.74, 6) is 1.42. The van der Waals surface area contributed by atoms with Crippen molar-refractivity contribution in [3.63, 3.8) is 0 Å². The van der Waals surface area contributed by atoms with E-state index in [9.17, 15) is 4.57 Å². The molecule has 1 saturated heterocycles. The van der Waals surface area contributed by atoms with Gasteiger partial charge in [0.25, 0.3) is 0 Å². The number of piperazine rings is 1. The third-order valence-electron chi connectivity index (χ3n) is 7.87. The van der Waals surface area contributed by atoms with Crippen molar-refractivity contribution in [3.8, 4) is 5.75 Å². The van der Waals surface area contributed by atoms with Gasteiger partial charge in [0, 0.05) is 93.2 Å². The normalized spacial score (nSPS) is 14.4. The lowest BCUT2D eigenvalue weighted by molar-refractivity contribution is 0.209. The van der Waals surface area contributed by atoms with Crippen LogP contribution in [-0.2, 0) is 4.57 Å². The Labute approximate surface area is 278 Å². The molecule has 0 atom stereocenters. The third kappa shape index (κ3) is 7.16. The van der Waals surface area contributed by atoms with E-state index in [1.807, 2.05) is 37.5 Å². The Morgan fingerprint density at radius 3 is 2.46 bits per heavy atom. The Bertz CT molecular complexity index is 1820. The predicted molar refractivity (Wildman–Crippen MR) is 193 cm³/mol. The third-order valence-corrected chi connectivity index (χ3v) is 9.98. The first-order valence-electron chi connectivity index (χ1n) is 15.0. The fourth-order valence-corrected chi connectivity index (χ4v) is 7.27. The van der Waals surface area contributed by atoms with E-state index in [0.29, 0.717) is 55.7 Å². The van der Waals surface area contributed by atoms with Crippen molar-refractivity contribution >= 4 is 80.0 Å². The first-order valence-corrected chi connectivity index (χ1v) is 18.4. The molecule has 2 aromatic heterocycles. The van der Waals surface area contributed by atoms with Crippen molar-refractivity contribution in [1.29, 1.82) is 5.41 Å². The van der Waals surface area contributed by atoms with E-state index in [1.165, 1.54) is 6.21 Å². The van der Waals surface area contributed by atoms with Crippen molar-refractivity contribution < 1.29 is 9.30 Å². The van der Waals surface area contributed by atoms with Gasteiger partial charge in [-0.25, -0.2) is 4.98 Å². The number of aromatic nitrogens is 4. The maximum atomic E-state index is 13.4. The summed E-state index contributed by atoms with van der Waals surface area (Å²) in [7, 11) is 0.683.